The number of amides is 1. The Kier molecular flexibility index (Phi) is 4.84. The van der Waals surface area contributed by atoms with Crippen LogP contribution in [0.25, 0.3) is 0 Å². The van der Waals surface area contributed by atoms with Gasteiger partial charge in [0.15, 0.2) is 0 Å². The molecule has 1 saturated heterocycles. The van der Waals surface area contributed by atoms with Gasteiger partial charge in [0.1, 0.15) is 0 Å². The number of carbonyl (C=O) groups excluding carboxylic acids is 1. The van der Waals surface area contributed by atoms with Crippen LogP contribution in [-0.4, -0.2) is 23.4 Å². The van der Waals surface area contributed by atoms with E-state index in [0.717, 1.165) is 30.0 Å². The van der Waals surface area contributed by atoms with Gasteiger partial charge in [0, 0.05) is 24.0 Å². The molecule has 1 aliphatic heterocycles. The van der Waals surface area contributed by atoms with E-state index in [1.54, 1.807) is 0 Å². The van der Waals surface area contributed by atoms with Crippen molar-refractivity contribution >= 4 is 17.5 Å². The van der Waals surface area contributed by atoms with E-state index in [-0.39, 0.29) is 5.91 Å². The summed E-state index contributed by atoms with van der Waals surface area (Å²) in [6.45, 7) is 0.922. The lowest BCUT2D eigenvalue weighted by molar-refractivity contribution is 0.0661. The van der Waals surface area contributed by atoms with Crippen molar-refractivity contribution in [3.05, 3.63) is 35.4 Å². The third-order valence-corrected chi connectivity index (χ3v) is 5.39. The maximum atomic E-state index is 12.9. The Morgan fingerprint density at radius 3 is 2.71 bits per heavy atom. The zero-order valence-electron chi connectivity index (χ0n) is 12.6. The summed E-state index contributed by atoms with van der Waals surface area (Å²) >= 11 is 5.89. The molecule has 1 aromatic carbocycles. The van der Waals surface area contributed by atoms with Crippen LogP contribution in [0, 0.1) is 5.92 Å². The Morgan fingerprint density at radius 1 is 1.14 bits per heavy atom. The van der Waals surface area contributed by atoms with Gasteiger partial charge >= 0.3 is 0 Å². The van der Waals surface area contributed by atoms with Crippen molar-refractivity contribution in [2.75, 3.05) is 6.54 Å². The van der Waals surface area contributed by atoms with Crippen LogP contribution in [0.5, 0.6) is 0 Å². The molecule has 114 valence electrons. The van der Waals surface area contributed by atoms with E-state index in [0.29, 0.717) is 11.9 Å². The predicted molar refractivity (Wildman–Crippen MR) is 86.6 cm³/mol. The molecule has 2 nitrogen and oxygen atoms in total. The van der Waals surface area contributed by atoms with Crippen molar-refractivity contribution < 1.29 is 4.79 Å². The molecule has 21 heavy (non-hydrogen) atoms. The Bertz CT molecular complexity index is 496. The number of alkyl halides is 1. The highest BCUT2D eigenvalue weighted by atomic mass is 35.5. The topological polar surface area (TPSA) is 20.3 Å². The number of likely N-dealkylation sites (tertiary alicyclic amines) is 1. The average molecular weight is 306 g/mol. The molecule has 1 saturated carbocycles. The molecule has 1 unspecified atom stereocenters. The first-order valence-corrected chi connectivity index (χ1v) is 8.79. The van der Waals surface area contributed by atoms with Gasteiger partial charge in [0.2, 0.25) is 0 Å². The van der Waals surface area contributed by atoms with Crippen LogP contribution < -0.4 is 0 Å². The molecule has 0 aromatic heterocycles. The maximum absolute atomic E-state index is 12.9. The fourth-order valence-electron chi connectivity index (χ4n) is 4.01. The van der Waals surface area contributed by atoms with Crippen LogP contribution in [0.15, 0.2) is 24.3 Å². The predicted octanol–water partition coefficient (Wildman–Crippen LogP) is 4.61. The summed E-state index contributed by atoms with van der Waals surface area (Å²) < 4.78 is 0. The first-order valence-electron chi connectivity index (χ1n) is 8.25. The SMILES string of the molecule is O=C(c1cccc(CCl)c1)N1CCCC1C1CCCCC1. The van der Waals surface area contributed by atoms with Crippen molar-refractivity contribution in [3.8, 4) is 0 Å². The molecular formula is C18H24ClNO. The van der Waals surface area contributed by atoms with E-state index in [4.69, 9.17) is 11.6 Å². The fraction of sp³-hybridized carbons (Fsp3) is 0.611. The maximum Gasteiger partial charge on any atom is 0.254 e. The summed E-state index contributed by atoms with van der Waals surface area (Å²) in [6.07, 6.45) is 8.99. The second-order valence-corrected chi connectivity index (χ2v) is 6.71. The van der Waals surface area contributed by atoms with Gasteiger partial charge in [-0.1, -0.05) is 31.4 Å². The monoisotopic (exact) mass is 305 g/mol. The summed E-state index contributed by atoms with van der Waals surface area (Å²) in [5.74, 6) is 1.39. The van der Waals surface area contributed by atoms with Gasteiger partial charge < -0.3 is 4.90 Å². The zero-order chi connectivity index (χ0) is 14.7. The second-order valence-electron chi connectivity index (χ2n) is 6.44. The van der Waals surface area contributed by atoms with Gasteiger partial charge in [-0.05, 0) is 49.3 Å². The summed E-state index contributed by atoms with van der Waals surface area (Å²) in [7, 11) is 0. The van der Waals surface area contributed by atoms with Gasteiger partial charge in [-0.25, -0.2) is 0 Å². The zero-order valence-corrected chi connectivity index (χ0v) is 13.3. The van der Waals surface area contributed by atoms with Crippen molar-refractivity contribution in [2.24, 2.45) is 5.92 Å². The Morgan fingerprint density at radius 2 is 1.95 bits per heavy atom. The number of carbonyl (C=O) groups is 1. The average Bonchev–Trinajstić information content (AvgIpc) is 3.04. The van der Waals surface area contributed by atoms with Crippen molar-refractivity contribution in [1.82, 2.24) is 4.90 Å². The van der Waals surface area contributed by atoms with Gasteiger partial charge in [-0.3, -0.25) is 4.79 Å². The molecule has 2 fully saturated rings. The lowest BCUT2D eigenvalue weighted by Gasteiger charge is -2.34. The minimum absolute atomic E-state index is 0.204. The minimum Gasteiger partial charge on any atom is -0.335 e. The van der Waals surface area contributed by atoms with E-state index >= 15 is 0 Å². The van der Waals surface area contributed by atoms with E-state index in [9.17, 15) is 4.79 Å². The Balaban J connectivity index is 1.75. The van der Waals surface area contributed by atoms with Crippen molar-refractivity contribution in [2.45, 2.75) is 56.9 Å². The normalized spacial score (nSPS) is 23.5. The largest absolute Gasteiger partial charge is 0.335 e. The standard InChI is InChI=1S/C18H24ClNO/c19-13-14-6-4-9-16(12-14)18(21)20-11-5-10-17(20)15-7-2-1-3-8-15/h4,6,9,12,15,17H,1-3,5,7-8,10-11,13H2. The Labute approximate surface area is 132 Å². The van der Waals surface area contributed by atoms with E-state index in [2.05, 4.69) is 4.90 Å². The van der Waals surface area contributed by atoms with Crippen LogP contribution in [-0.2, 0) is 5.88 Å². The minimum atomic E-state index is 0.204. The molecular weight excluding hydrogens is 282 g/mol. The molecule has 1 aromatic rings. The smallest absolute Gasteiger partial charge is 0.254 e. The number of halogens is 1. The number of rotatable bonds is 3. The van der Waals surface area contributed by atoms with E-state index < -0.39 is 0 Å². The van der Waals surface area contributed by atoms with Crippen LogP contribution in [0.2, 0.25) is 0 Å². The third-order valence-electron chi connectivity index (χ3n) is 5.08. The molecule has 0 bridgehead atoms. The Hall–Kier alpha value is -1.02. The summed E-state index contributed by atoms with van der Waals surface area (Å²) in [5.41, 5.74) is 1.83. The molecule has 3 heteroatoms. The van der Waals surface area contributed by atoms with Crippen molar-refractivity contribution in [3.63, 3.8) is 0 Å². The van der Waals surface area contributed by atoms with Gasteiger partial charge in [-0.15, -0.1) is 11.6 Å². The highest BCUT2D eigenvalue weighted by molar-refractivity contribution is 6.17. The summed E-state index contributed by atoms with van der Waals surface area (Å²) in [5, 5.41) is 0. The molecule has 2 aliphatic rings. The van der Waals surface area contributed by atoms with Crippen LogP contribution in [0.3, 0.4) is 0 Å². The molecule has 1 aliphatic carbocycles. The van der Waals surface area contributed by atoms with Crippen LogP contribution in [0.1, 0.15) is 60.9 Å². The summed E-state index contributed by atoms with van der Waals surface area (Å²) in [6, 6.07) is 8.26. The molecule has 0 radical (unpaired) electrons. The second kappa shape index (κ2) is 6.83. The molecule has 3 rings (SSSR count). The number of hydrogen-bond donors (Lipinski definition) is 0. The number of benzene rings is 1. The quantitative estimate of drug-likeness (QED) is 0.747. The van der Waals surface area contributed by atoms with E-state index in [1.807, 2.05) is 24.3 Å². The van der Waals surface area contributed by atoms with Gasteiger partial charge in [-0.2, -0.15) is 0 Å². The lowest BCUT2D eigenvalue weighted by Crippen LogP contribution is -2.40. The molecule has 1 heterocycles. The number of nitrogens with zero attached hydrogens (tertiary/aromatic N) is 1. The highest BCUT2D eigenvalue weighted by Crippen LogP contribution is 2.35. The van der Waals surface area contributed by atoms with Gasteiger partial charge in [0.25, 0.3) is 5.91 Å². The molecule has 1 atom stereocenters. The van der Waals surface area contributed by atoms with E-state index in [1.165, 1.54) is 38.5 Å². The summed E-state index contributed by atoms with van der Waals surface area (Å²) in [4.78, 5) is 15.0. The van der Waals surface area contributed by atoms with Gasteiger partial charge in [0.05, 0.1) is 0 Å². The fourth-order valence-corrected chi connectivity index (χ4v) is 4.17. The molecule has 0 spiro atoms. The first-order chi connectivity index (χ1) is 10.3. The van der Waals surface area contributed by atoms with Crippen molar-refractivity contribution in [1.29, 1.82) is 0 Å². The van der Waals surface area contributed by atoms with Crippen LogP contribution >= 0.6 is 11.6 Å². The highest BCUT2D eigenvalue weighted by Gasteiger charge is 2.35. The lowest BCUT2D eigenvalue weighted by atomic mass is 9.83. The first kappa shape index (κ1) is 14.9. The van der Waals surface area contributed by atoms with Crippen LogP contribution in [0.4, 0.5) is 0 Å². The molecule has 0 N–H and O–H groups in total. The molecule has 1 amide bonds. The number of hydrogen-bond acceptors (Lipinski definition) is 1. The third kappa shape index (κ3) is 3.26.